The highest BCUT2D eigenvalue weighted by Crippen LogP contribution is 2.14. The van der Waals surface area contributed by atoms with Gasteiger partial charge in [-0.25, -0.2) is 0 Å². The average Bonchev–Trinajstić information content (AvgIpc) is 2.35. The predicted molar refractivity (Wildman–Crippen MR) is 51.4 cm³/mol. The summed E-state index contributed by atoms with van der Waals surface area (Å²) in [5, 5.41) is 2.77. The standard InChI is InChI=1S/C9H13NOS/c1-7-3-4-9(12-7)5-6-10-8(2)11/h3-4H,5-6H2,1-2H3,(H,10,11). The number of thiophene rings is 1. The summed E-state index contributed by atoms with van der Waals surface area (Å²) >= 11 is 1.79. The van der Waals surface area contributed by atoms with E-state index >= 15 is 0 Å². The Morgan fingerprint density at radius 3 is 2.83 bits per heavy atom. The maximum atomic E-state index is 10.5. The highest BCUT2D eigenvalue weighted by Gasteiger charge is 1.96. The van der Waals surface area contributed by atoms with E-state index < -0.39 is 0 Å². The molecule has 0 atom stereocenters. The van der Waals surface area contributed by atoms with Crippen LogP contribution in [0.1, 0.15) is 16.7 Å². The van der Waals surface area contributed by atoms with Gasteiger partial charge in [0.05, 0.1) is 0 Å². The van der Waals surface area contributed by atoms with Gasteiger partial charge in [0, 0.05) is 23.2 Å². The molecule has 0 unspecified atom stereocenters. The summed E-state index contributed by atoms with van der Waals surface area (Å²) in [6.07, 6.45) is 0.943. The fourth-order valence-corrected chi connectivity index (χ4v) is 1.87. The quantitative estimate of drug-likeness (QED) is 0.759. The third-order valence-electron chi connectivity index (χ3n) is 1.54. The molecule has 1 rings (SSSR count). The molecule has 0 saturated heterocycles. The minimum Gasteiger partial charge on any atom is -0.356 e. The summed E-state index contributed by atoms with van der Waals surface area (Å²) in [5.74, 6) is 0.0447. The number of nitrogens with one attached hydrogen (secondary N) is 1. The largest absolute Gasteiger partial charge is 0.356 e. The van der Waals surface area contributed by atoms with Crippen molar-refractivity contribution in [3.05, 3.63) is 21.9 Å². The Morgan fingerprint density at radius 1 is 1.58 bits per heavy atom. The Hall–Kier alpha value is -0.830. The van der Waals surface area contributed by atoms with Crippen molar-refractivity contribution >= 4 is 17.2 Å². The summed E-state index contributed by atoms with van der Waals surface area (Å²) in [4.78, 5) is 13.2. The third-order valence-corrected chi connectivity index (χ3v) is 2.60. The number of hydrogen-bond acceptors (Lipinski definition) is 2. The lowest BCUT2D eigenvalue weighted by molar-refractivity contribution is -0.118. The second kappa shape index (κ2) is 4.26. The van der Waals surface area contributed by atoms with Gasteiger partial charge in [-0.15, -0.1) is 11.3 Å². The van der Waals surface area contributed by atoms with Crippen LogP contribution in [0.5, 0.6) is 0 Å². The van der Waals surface area contributed by atoms with E-state index in [9.17, 15) is 4.79 Å². The maximum absolute atomic E-state index is 10.5. The van der Waals surface area contributed by atoms with Gasteiger partial charge in [0.2, 0.25) is 5.91 Å². The van der Waals surface area contributed by atoms with E-state index in [1.165, 1.54) is 9.75 Å². The first kappa shape index (κ1) is 9.26. The van der Waals surface area contributed by atoms with E-state index in [2.05, 4.69) is 24.4 Å². The first-order valence-corrected chi connectivity index (χ1v) is 4.80. The molecule has 1 aromatic heterocycles. The fraction of sp³-hybridized carbons (Fsp3) is 0.444. The molecule has 0 radical (unpaired) electrons. The zero-order valence-electron chi connectivity index (χ0n) is 7.39. The van der Waals surface area contributed by atoms with Crippen LogP contribution in [0, 0.1) is 6.92 Å². The minimum absolute atomic E-state index is 0.0447. The van der Waals surface area contributed by atoms with Gasteiger partial charge in [0.25, 0.3) is 0 Å². The molecule has 0 aliphatic heterocycles. The molecular formula is C9H13NOS. The van der Waals surface area contributed by atoms with Gasteiger partial charge >= 0.3 is 0 Å². The Kier molecular flexibility index (Phi) is 3.29. The molecule has 1 amide bonds. The smallest absolute Gasteiger partial charge is 0.216 e. The van der Waals surface area contributed by atoms with Gasteiger partial charge in [-0.05, 0) is 25.5 Å². The molecule has 2 nitrogen and oxygen atoms in total. The van der Waals surface area contributed by atoms with Gasteiger partial charge in [-0.3, -0.25) is 4.79 Å². The van der Waals surface area contributed by atoms with Crippen LogP contribution in [-0.2, 0) is 11.2 Å². The molecule has 0 bridgehead atoms. The molecule has 0 aromatic carbocycles. The first-order valence-electron chi connectivity index (χ1n) is 3.98. The molecule has 0 fully saturated rings. The van der Waals surface area contributed by atoms with Crippen LogP contribution >= 0.6 is 11.3 Å². The van der Waals surface area contributed by atoms with Crippen molar-refractivity contribution in [2.75, 3.05) is 6.54 Å². The van der Waals surface area contributed by atoms with E-state index in [1.54, 1.807) is 18.3 Å². The molecule has 1 heterocycles. The number of amides is 1. The minimum atomic E-state index is 0.0447. The molecule has 0 aliphatic carbocycles. The van der Waals surface area contributed by atoms with Crippen molar-refractivity contribution in [1.82, 2.24) is 5.32 Å². The summed E-state index contributed by atoms with van der Waals surface area (Å²) in [7, 11) is 0. The van der Waals surface area contributed by atoms with Crippen LogP contribution in [0.25, 0.3) is 0 Å². The lowest BCUT2D eigenvalue weighted by Crippen LogP contribution is -2.21. The lowest BCUT2D eigenvalue weighted by Gasteiger charge is -1.98. The van der Waals surface area contributed by atoms with Crippen molar-refractivity contribution in [3.8, 4) is 0 Å². The van der Waals surface area contributed by atoms with E-state index in [0.717, 1.165) is 13.0 Å². The third kappa shape index (κ3) is 3.05. The summed E-state index contributed by atoms with van der Waals surface area (Å²) in [6, 6.07) is 4.22. The molecule has 0 aliphatic rings. The monoisotopic (exact) mass is 183 g/mol. The van der Waals surface area contributed by atoms with Crippen LogP contribution in [0.15, 0.2) is 12.1 Å². The molecule has 0 saturated carbocycles. The molecule has 0 spiro atoms. The highest BCUT2D eigenvalue weighted by molar-refractivity contribution is 7.11. The SMILES string of the molecule is CC(=O)NCCc1ccc(C)s1. The molecule has 66 valence electrons. The average molecular weight is 183 g/mol. The van der Waals surface area contributed by atoms with Crippen molar-refractivity contribution in [1.29, 1.82) is 0 Å². The molecule has 1 N–H and O–H groups in total. The van der Waals surface area contributed by atoms with Crippen molar-refractivity contribution in [3.63, 3.8) is 0 Å². The van der Waals surface area contributed by atoms with Gasteiger partial charge in [0.1, 0.15) is 0 Å². The normalized spacial score (nSPS) is 9.83. The maximum Gasteiger partial charge on any atom is 0.216 e. The predicted octanol–water partition coefficient (Wildman–Crippen LogP) is 1.74. The molecular weight excluding hydrogens is 170 g/mol. The topological polar surface area (TPSA) is 29.1 Å². The van der Waals surface area contributed by atoms with E-state index in [0.29, 0.717) is 0 Å². The van der Waals surface area contributed by atoms with Gasteiger partial charge < -0.3 is 5.32 Å². The van der Waals surface area contributed by atoms with E-state index in [4.69, 9.17) is 0 Å². The van der Waals surface area contributed by atoms with Crippen molar-refractivity contribution in [2.24, 2.45) is 0 Å². The van der Waals surface area contributed by atoms with Gasteiger partial charge in [0.15, 0.2) is 0 Å². The van der Waals surface area contributed by atoms with Crippen LogP contribution in [-0.4, -0.2) is 12.5 Å². The molecule has 1 aromatic rings. The van der Waals surface area contributed by atoms with Gasteiger partial charge in [-0.2, -0.15) is 0 Å². The zero-order chi connectivity index (χ0) is 8.97. The molecule has 12 heavy (non-hydrogen) atoms. The second-order valence-electron chi connectivity index (χ2n) is 2.75. The van der Waals surface area contributed by atoms with Crippen molar-refractivity contribution in [2.45, 2.75) is 20.3 Å². The van der Waals surface area contributed by atoms with Crippen LogP contribution < -0.4 is 5.32 Å². The highest BCUT2D eigenvalue weighted by atomic mass is 32.1. The van der Waals surface area contributed by atoms with Crippen molar-refractivity contribution < 1.29 is 4.79 Å². The summed E-state index contributed by atoms with van der Waals surface area (Å²) < 4.78 is 0. The number of hydrogen-bond donors (Lipinski definition) is 1. The zero-order valence-corrected chi connectivity index (χ0v) is 8.20. The number of rotatable bonds is 3. The Balaban J connectivity index is 2.29. The lowest BCUT2D eigenvalue weighted by atomic mass is 10.3. The van der Waals surface area contributed by atoms with Gasteiger partial charge in [-0.1, -0.05) is 0 Å². The second-order valence-corrected chi connectivity index (χ2v) is 4.12. The van der Waals surface area contributed by atoms with Crippen LogP contribution in [0.3, 0.4) is 0 Å². The fourth-order valence-electron chi connectivity index (χ4n) is 0.981. The Morgan fingerprint density at radius 2 is 2.33 bits per heavy atom. The van der Waals surface area contributed by atoms with E-state index in [1.807, 2.05) is 0 Å². The first-order chi connectivity index (χ1) is 5.68. The molecule has 3 heteroatoms. The van der Waals surface area contributed by atoms with Crippen LogP contribution in [0.4, 0.5) is 0 Å². The number of aryl methyl sites for hydroxylation is 1. The van der Waals surface area contributed by atoms with Crippen LogP contribution in [0.2, 0.25) is 0 Å². The number of carbonyl (C=O) groups is 1. The van der Waals surface area contributed by atoms with E-state index in [-0.39, 0.29) is 5.91 Å². The summed E-state index contributed by atoms with van der Waals surface area (Å²) in [6.45, 7) is 4.38. The Bertz CT molecular complexity index is 267. The number of carbonyl (C=O) groups excluding carboxylic acids is 1. The summed E-state index contributed by atoms with van der Waals surface area (Å²) in [5.41, 5.74) is 0. The Labute approximate surface area is 76.6 Å².